The topological polar surface area (TPSA) is 82.8 Å². The van der Waals surface area contributed by atoms with Gasteiger partial charge < -0.3 is 10.5 Å². The van der Waals surface area contributed by atoms with Crippen molar-refractivity contribution < 1.29 is 17.9 Å². The summed E-state index contributed by atoms with van der Waals surface area (Å²) in [6.45, 7) is 1.18. The van der Waals surface area contributed by atoms with Crippen LogP contribution < -0.4 is 5.73 Å². The molecule has 1 aromatic rings. The van der Waals surface area contributed by atoms with E-state index in [9.17, 15) is 13.2 Å². The third-order valence-corrected chi connectivity index (χ3v) is 3.46. The fourth-order valence-corrected chi connectivity index (χ4v) is 2.34. The van der Waals surface area contributed by atoms with Crippen molar-refractivity contribution in [3.63, 3.8) is 0 Å². The summed E-state index contributed by atoms with van der Waals surface area (Å²) in [6, 6.07) is 9.95. The molecule has 0 bridgehead atoms. The number of allylic oxidation sites excluding steroid dienone is 1. The summed E-state index contributed by atoms with van der Waals surface area (Å²) in [5, 5.41) is 17.7. The molecule has 4 nitrogen and oxygen atoms in total. The third kappa shape index (κ3) is 1.99. The van der Waals surface area contributed by atoms with Crippen LogP contribution in [0.15, 0.2) is 52.9 Å². The van der Waals surface area contributed by atoms with Crippen LogP contribution in [0.5, 0.6) is 0 Å². The lowest BCUT2D eigenvalue weighted by molar-refractivity contribution is -0.250. The zero-order valence-corrected chi connectivity index (χ0v) is 11.4. The molecule has 0 saturated heterocycles. The minimum Gasteiger partial charge on any atom is -0.464 e. The highest BCUT2D eigenvalue weighted by molar-refractivity contribution is 5.53. The zero-order valence-electron chi connectivity index (χ0n) is 11.4. The van der Waals surface area contributed by atoms with Crippen LogP contribution in [0.25, 0.3) is 0 Å². The van der Waals surface area contributed by atoms with E-state index >= 15 is 0 Å². The normalized spacial score (nSPS) is 21.1. The number of halogens is 3. The first-order valence-electron chi connectivity index (χ1n) is 6.12. The van der Waals surface area contributed by atoms with E-state index < -0.39 is 23.1 Å². The van der Waals surface area contributed by atoms with Gasteiger partial charge in [0.15, 0.2) is 11.3 Å². The standard InChI is InChI=1S/C15H10F3N3O/c1-9-12(21)13(10(7-19)8-20)22-14(9,15(16,17)18)11-5-3-2-4-6-11/h2-6H,21H2,1H3. The van der Waals surface area contributed by atoms with Gasteiger partial charge in [0.05, 0.1) is 5.70 Å². The highest BCUT2D eigenvalue weighted by atomic mass is 19.4. The maximum atomic E-state index is 13.8. The molecule has 1 atom stereocenters. The fourth-order valence-electron chi connectivity index (χ4n) is 2.34. The van der Waals surface area contributed by atoms with E-state index in [4.69, 9.17) is 21.0 Å². The maximum Gasteiger partial charge on any atom is 0.436 e. The largest absolute Gasteiger partial charge is 0.464 e. The van der Waals surface area contributed by atoms with Crippen LogP contribution in [0, 0.1) is 22.7 Å². The van der Waals surface area contributed by atoms with Crippen LogP contribution in [0.1, 0.15) is 12.5 Å². The molecule has 0 aromatic heterocycles. The maximum absolute atomic E-state index is 13.8. The monoisotopic (exact) mass is 305 g/mol. The first-order valence-corrected chi connectivity index (χ1v) is 6.12. The molecule has 0 amide bonds. The Hall–Kier alpha value is -2.93. The summed E-state index contributed by atoms with van der Waals surface area (Å²) in [6.07, 6.45) is -4.82. The first kappa shape index (κ1) is 15.5. The summed E-state index contributed by atoms with van der Waals surface area (Å²) >= 11 is 0. The minimum atomic E-state index is -4.82. The Balaban J connectivity index is 2.79. The summed E-state index contributed by atoms with van der Waals surface area (Å²) in [7, 11) is 0. The van der Waals surface area contributed by atoms with Crippen molar-refractivity contribution in [2.45, 2.75) is 18.7 Å². The van der Waals surface area contributed by atoms with Gasteiger partial charge >= 0.3 is 6.18 Å². The number of hydrogen-bond donors (Lipinski definition) is 1. The summed E-state index contributed by atoms with van der Waals surface area (Å²) in [5.74, 6) is -0.538. The van der Waals surface area contributed by atoms with Crippen molar-refractivity contribution in [1.29, 1.82) is 10.5 Å². The number of nitrogens with zero attached hydrogens (tertiary/aromatic N) is 2. The molecule has 2 N–H and O–H groups in total. The van der Waals surface area contributed by atoms with Gasteiger partial charge in [0, 0.05) is 11.1 Å². The SMILES string of the molecule is CC1=C(N)C(=C(C#N)C#N)OC1(c1ccccc1)C(F)(F)F. The minimum absolute atomic E-state index is 0.173. The highest BCUT2D eigenvalue weighted by Crippen LogP contribution is 2.54. The van der Waals surface area contributed by atoms with Gasteiger partial charge in [-0.1, -0.05) is 30.3 Å². The van der Waals surface area contributed by atoms with E-state index in [-0.39, 0.29) is 16.8 Å². The van der Waals surface area contributed by atoms with Crippen molar-refractivity contribution in [1.82, 2.24) is 0 Å². The molecule has 1 unspecified atom stereocenters. The molecule has 1 aliphatic rings. The van der Waals surface area contributed by atoms with Gasteiger partial charge in [0.1, 0.15) is 12.1 Å². The van der Waals surface area contributed by atoms with Gasteiger partial charge in [0.25, 0.3) is 5.60 Å². The van der Waals surface area contributed by atoms with E-state index in [1.165, 1.54) is 43.3 Å². The van der Waals surface area contributed by atoms with Crippen molar-refractivity contribution in [2.75, 3.05) is 0 Å². The molecule has 0 radical (unpaired) electrons. The number of nitriles is 2. The van der Waals surface area contributed by atoms with Gasteiger partial charge in [-0.05, 0) is 6.92 Å². The Morgan fingerprint density at radius 2 is 1.73 bits per heavy atom. The average molecular weight is 305 g/mol. The van der Waals surface area contributed by atoms with Crippen LogP contribution in [-0.4, -0.2) is 6.18 Å². The van der Waals surface area contributed by atoms with Crippen LogP contribution in [0.2, 0.25) is 0 Å². The molecule has 1 aliphatic heterocycles. The molecule has 0 saturated carbocycles. The lowest BCUT2D eigenvalue weighted by Gasteiger charge is -2.33. The number of ether oxygens (including phenoxy) is 1. The van der Waals surface area contributed by atoms with E-state index in [0.29, 0.717) is 0 Å². The highest BCUT2D eigenvalue weighted by Gasteiger charge is 2.64. The van der Waals surface area contributed by atoms with Crippen LogP contribution in [-0.2, 0) is 10.3 Å². The predicted octanol–water partition coefficient (Wildman–Crippen LogP) is 3.01. The number of hydrogen-bond acceptors (Lipinski definition) is 4. The van der Waals surface area contributed by atoms with E-state index in [1.807, 2.05) is 0 Å². The second-order valence-electron chi connectivity index (χ2n) is 4.61. The van der Waals surface area contributed by atoms with Gasteiger partial charge in [-0.2, -0.15) is 23.7 Å². The van der Waals surface area contributed by atoms with Gasteiger partial charge in [0.2, 0.25) is 0 Å². The molecule has 0 aliphatic carbocycles. The zero-order chi connectivity index (χ0) is 16.5. The molecular formula is C15H10F3N3O. The lowest BCUT2D eigenvalue weighted by Crippen LogP contribution is -2.43. The average Bonchev–Trinajstić information content (AvgIpc) is 2.75. The molecule has 2 rings (SSSR count). The van der Waals surface area contributed by atoms with Gasteiger partial charge in [-0.3, -0.25) is 0 Å². The van der Waals surface area contributed by atoms with Gasteiger partial charge in [-0.25, -0.2) is 0 Å². The summed E-state index contributed by atoms with van der Waals surface area (Å²) < 4.78 is 46.4. The van der Waals surface area contributed by atoms with Crippen molar-refractivity contribution in [3.8, 4) is 12.1 Å². The molecule has 22 heavy (non-hydrogen) atoms. The van der Waals surface area contributed by atoms with E-state index in [0.717, 1.165) is 0 Å². The van der Waals surface area contributed by atoms with Crippen molar-refractivity contribution in [3.05, 3.63) is 58.5 Å². The Morgan fingerprint density at radius 3 is 2.18 bits per heavy atom. The third-order valence-electron chi connectivity index (χ3n) is 3.46. The molecule has 0 spiro atoms. The van der Waals surface area contributed by atoms with Crippen molar-refractivity contribution >= 4 is 0 Å². The Labute approximate surface area is 124 Å². The molecular weight excluding hydrogens is 295 g/mol. The number of alkyl halides is 3. The molecule has 1 heterocycles. The smallest absolute Gasteiger partial charge is 0.436 e. The number of benzene rings is 1. The summed E-state index contributed by atoms with van der Waals surface area (Å²) in [5.41, 5.74) is 1.46. The van der Waals surface area contributed by atoms with Crippen molar-refractivity contribution in [2.24, 2.45) is 5.73 Å². The molecule has 1 aromatic carbocycles. The molecule has 112 valence electrons. The summed E-state index contributed by atoms with van der Waals surface area (Å²) in [4.78, 5) is 0. The number of nitrogens with two attached hydrogens (primary N) is 1. The van der Waals surface area contributed by atoms with E-state index in [2.05, 4.69) is 0 Å². The predicted molar refractivity (Wildman–Crippen MR) is 70.4 cm³/mol. The van der Waals surface area contributed by atoms with E-state index in [1.54, 1.807) is 6.07 Å². The fraction of sp³-hybridized carbons (Fsp3) is 0.200. The Kier molecular flexibility index (Phi) is 3.60. The molecule has 7 heteroatoms. The first-order chi connectivity index (χ1) is 10.3. The Bertz CT molecular complexity index is 735. The quantitative estimate of drug-likeness (QED) is 0.808. The van der Waals surface area contributed by atoms with Crippen LogP contribution in [0.3, 0.4) is 0 Å². The second kappa shape index (κ2) is 5.12. The number of rotatable bonds is 1. The Morgan fingerprint density at radius 1 is 1.18 bits per heavy atom. The van der Waals surface area contributed by atoms with Crippen LogP contribution >= 0.6 is 0 Å². The second-order valence-corrected chi connectivity index (χ2v) is 4.61. The molecule has 0 fully saturated rings. The van der Waals surface area contributed by atoms with Crippen LogP contribution in [0.4, 0.5) is 13.2 Å². The van der Waals surface area contributed by atoms with Gasteiger partial charge in [-0.15, -0.1) is 0 Å². The lowest BCUT2D eigenvalue weighted by atomic mass is 9.86.